The molecule has 112 valence electrons. The summed E-state index contributed by atoms with van der Waals surface area (Å²) in [5.74, 6) is -0.479. The number of hydrogen-bond acceptors (Lipinski definition) is 4. The van der Waals surface area contributed by atoms with E-state index in [0.29, 0.717) is 17.8 Å². The van der Waals surface area contributed by atoms with Crippen molar-refractivity contribution in [3.8, 4) is 0 Å². The topological polar surface area (TPSA) is 112 Å². The minimum Gasteiger partial charge on any atom is -0.478 e. The maximum atomic E-state index is 12.1. The summed E-state index contributed by atoms with van der Waals surface area (Å²) in [6.45, 7) is 1.79. The Morgan fingerprint density at radius 2 is 2.19 bits per heavy atom. The Hall–Kier alpha value is -2.19. The third-order valence-electron chi connectivity index (χ3n) is 2.96. The third-order valence-corrected chi connectivity index (χ3v) is 4.42. The van der Waals surface area contributed by atoms with Crippen LogP contribution in [0.15, 0.2) is 35.5 Å². The van der Waals surface area contributed by atoms with Crippen molar-refractivity contribution in [3.05, 3.63) is 47.5 Å². The van der Waals surface area contributed by atoms with Crippen molar-refractivity contribution in [2.75, 3.05) is 6.54 Å². The molecular weight excluding hydrogens is 294 g/mol. The predicted octanol–water partition coefficient (Wildman–Crippen LogP) is 0.937. The SMILES string of the molecule is Cc1ccc(S(=O)(=O)NCCc2ncc[nH]2)cc1C(=O)O. The fraction of sp³-hybridized carbons (Fsp3) is 0.231. The molecule has 0 saturated carbocycles. The number of carbonyl (C=O) groups is 1. The zero-order valence-electron chi connectivity index (χ0n) is 11.3. The molecule has 2 rings (SSSR count). The minimum absolute atomic E-state index is 0.0242. The second-order valence-corrected chi connectivity index (χ2v) is 6.23. The Balaban J connectivity index is 2.12. The lowest BCUT2D eigenvalue weighted by molar-refractivity contribution is 0.0696. The summed E-state index contributed by atoms with van der Waals surface area (Å²) in [4.78, 5) is 17.8. The van der Waals surface area contributed by atoms with Gasteiger partial charge in [-0.1, -0.05) is 6.07 Å². The number of benzene rings is 1. The Morgan fingerprint density at radius 3 is 2.81 bits per heavy atom. The molecule has 0 aliphatic rings. The summed E-state index contributed by atoms with van der Waals surface area (Å²) in [6.07, 6.45) is 3.66. The molecule has 0 unspecified atom stereocenters. The molecule has 21 heavy (non-hydrogen) atoms. The van der Waals surface area contributed by atoms with Crippen LogP contribution in [-0.4, -0.2) is 36.0 Å². The quantitative estimate of drug-likeness (QED) is 0.735. The predicted molar refractivity (Wildman–Crippen MR) is 75.6 cm³/mol. The van der Waals surface area contributed by atoms with Crippen LogP contribution in [0.1, 0.15) is 21.7 Å². The number of rotatable bonds is 6. The Kier molecular flexibility index (Phi) is 4.39. The van der Waals surface area contributed by atoms with Crippen molar-refractivity contribution >= 4 is 16.0 Å². The second kappa shape index (κ2) is 6.06. The molecule has 0 bridgehead atoms. The first kappa shape index (κ1) is 15.2. The molecule has 0 amide bonds. The van der Waals surface area contributed by atoms with Crippen LogP contribution >= 0.6 is 0 Å². The Labute approximate surface area is 122 Å². The lowest BCUT2D eigenvalue weighted by Crippen LogP contribution is -2.26. The zero-order chi connectivity index (χ0) is 15.5. The molecule has 0 fully saturated rings. The van der Waals surface area contributed by atoms with E-state index in [1.54, 1.807) is 19.3 Å². The van der Waals surface area contributed by atoms with Crippen LogP contribution in [0.3, 0.4) is 0 Å². The van der Waals surface area contributed by atoms with Crippen LogP contribution in [-0.2, 0) is 16.4 Å². The molecule has 7 nitrogen and oxygen atoms in total. The Bertz CT molecular complexity index is 739. The number of aromatic nitrogens is 2. The third kappa shape index (κ3) is 3.67. The minimum atomic E-state index is -3.74. The smallest absolute Gasteiger partial charge is 0.335 e. The van der Waals surface area contributed by atoms with Crippen LogP contribution in [0.2, 0.25) is 0 Å². The van der Waals surface area contributed by atoms with Gasteiger partial charge in [0.05, 0.1) is 10.5 Å². The number of aromatic carboxylic acids is 1. The lowest BCUT2D eigenvalue weighted by atomic mass is 10.1. The first-order chi connectivity index (χ1) is 9.90. The van der Waals surface area contributed by atoms with Gasteiger partial charge in [0.2, 0.25) is 10.0 Å². The van der Waals surface area contributed by atoms with Gasteiger partial charge in [-0.2, -0.15) is 0 Å². The van der Waals surface area contributed by atoms with Gasteiger partial charge in [-0.25, -0.2) is 22.9 Å². The van der Waals surface area contributed by atoms with Crippen molar-refractivity contribution < 1.29 is 18.3 Å². The van der Waals surface area contributed by atoms with E-state index in [2.05, 4.69) is 14.7 Å². The van der Waals surface area contributed by atoms with E-state index < -0.39 is 16.0 Å². The van der Waals surface area contributed by atoms with E-state index in [-0.39, 0.29) is 17.0 Å². The molecule has 1 aromatic carbocycles. The highest BCUT2D eigenvalue weighted by atomic mass is 32.2. The number of carboxylic acids is 1. The molecule has 0 aliphatic carbocycles. The lowest BCUT2D eigenvalue weighted by Gasteiger charge is -2.08. The normalized spacial score (nSPS) is 11.5. The first-order valence-corrected chi connectivity index (χ1v) is 7.70. The average Bonchev–Trinajstić information content (AvgIpc) is 2.91. The van der Waals surface area contributed by atoms with E-state index in [1.807, 2.05) is 0 Å². The van der Waals surface area contributed by atoms with Crippen LogP contribution in [0.5, 0.6) is 0 Å². The van der Waals surface area contributed by atoms with Gasteiger partial charge in [0.1, 0.15) is 5.82 Å². The van der Waals surface area contributed by atoms with Gasteiger partial charge >= 0.3 is 5.97 Å². The van der Waals surface area contributed by atoms with Gasteiger partial charge in [-0.15, -0.1) is 0 Å². The molecule has 1 heterocycles. The summed E-state index contributed by atoms with van der Waals surface area (Å²) in [5.41, 5.74) is 0.487. The highest BCUT2D eigenvalue weighted by Crippen LogP contribution is 2.15. The van der Waals surface area contributed by atoms with E-state index in [1.165, 1.54) is 12.1 Å². The fourth-order valence-corrected chi connectivity index (χ4v) is 2.88. The van der Waals surface area contributed by atoms with E-state index in [9.17, 15) is 13.2 Å². The van der Waals surface area contributed by atoms with Crippen molar-refractivity contribution in [1.29, 1.82) is 0 Å². The van der Waals surface area contributed by atoms with Gasteiger partial charge in [0.25, 0.3) is 0 Å². The zero-order valence-corrected chi connectivity index (χ0v) is 12.1. The first-order valence-electron chi connectivity index (χ1n) is 6.22. The summed E-state index contributed by atoms with van der Waals surface area (Å²) in [7, 11) is -3.74. The van der Waals surface area contributed by atoms with E-state index in [4.69, 9.17) is 5.11 Å². The number of H-pyrrole nitrogens is 1. The number of imidazole rings is 1. The summed E-state index contributed by atoms with van der Waals surface area (Å²) in [6, 6.07) is 4.02. The summed E-state index contributed by atoms with van der Waals surface area (Å²) < 4.78 is 26.6. The molecule has 2 aromatic rings. The number of sulfonamides is 1. The number of hydrogen-bond donors (Lipinski definition) is 3. The number of aromatic amines is 1. The molecule has 0 spiro atoms. The van der Waals surface area contributed by atoms with Gasteiger partial charge in [0.15, 0.2) is 0 Å². The molecule has 0 aliphatic heterocycles. The van der Waals surface area contributed by atoms with Crippen molar-refractivity contribution in [2.24, 2.45) is 0 Å². The van der Waals surface area contributed by atoms with Gasteiger partial charge < -0.3 is 10.1 Å². The maximum Gasteiger partial charge on any atom is 0.335 e. The Morgan fingerprint density at radius 1 is 1.43 bits per heavy atom. The molecular formula is C13H15N3O4S. The van der Waals surface area contributed by atoms with Crippen molar-refractivity contribution in [2.45, 2.75) is 18.2 Å². The molecule has 0 atom stereocenters. The molecule has 3 N–H and O–H groups in total. The van der Waals surface area contributed by atoms with Gasteiger partial charge in [0, 0.05) is 25.4 Å². The fourth-order valence-electron chi connectivity index (χ4n) is 1.82. The summed E-state index contributed by atoms with van der Waals surface area (Å²) in [5, 5.41) is 9.03. The van der Waals surface area contributed by atoms with E-state index in [0.717, 1.165) is 6.07 Å². The molecule has 8 heteroatoms. The number of nitrogens with zero attached hydrogens (tertiary/aromatic N) is 1. The largest absolute Gasteiger partial charge is 0.478 e. The number of aryl methyl sites for hydroxylation is 1. The van der Waals surface area contributed by atoms with Crippen LogP contribution in [0.25, 0.3) is 0 Å². The maximum absolute atomic E-state index is 12.1. The highest BCUT2D eigenvalue weighted by Gasteiger charge is 2.17. The number of nitrogens with one attached hydrogen (secondary N) is 2. The standard InChI is InChI=1S/C13H15N3O4S/c1-9-2-3-10(8-11(9)13(17)18)21(19,20)16-5-4-12-14-6-7-15-12/h2-3,6-8,16H,4-5H2,1H3,(H,14,15)(H,17,18). The van der Waals surface area contributed by atoms with Crippen LogP contribution in [0.4, 0.5) is 0 Å². The second-order valence-electron chi connectivity index (χ2n) is 4.47. The molecule has 0 saturated heterocycles. The molecule has 1 aromatic heterocycles. The van der Waals surface area contributed by atoms with Crippen LogP contribution in [0, 0.1) is 6.92 Å². The average molecular weight is 309 g/mol. The van der Waals surface area contributed by atoms with Crippen molar-refractivity contribution in [3.63, 3.8) is 0 Å². The van der Waals surface area contributed by atoms with Crippen molar-refractivity contribution in [1.82, 2.24) is 14.7 Å². The summed E-state index contributed by atoms with van der Waals surface area (Å²) >= 11 is 0. The van der Waals surface area contributed by atoms with Crippen LogP contribution < -0.4 is 4.72 Å². The highest BCUT2D eigenvalue weighted by molar-refractivity contribution is 7.89. The van der Waals surface area contributed by atoms with Gasteiger partial charge in [-0.05, 0) is 24.6 Å². The number of carboxylic acid groups (broad SMARTS) is 1. The van der Waals surface area contributed by atoms with E-state index >= 15 is 0 Å². The monoisotopic (exact) mass is 309 g/mol. The van der Waals surface area contributed by atoms with Gasteiger partial charge in [-0.3, -0.25) is 0 Å². The molecule has 0 radical (unpaired) electrons.